The molecule has 2 aliphatic rings. The second kappa shape index (κ2) is 12.5. The Labute approximate surface area is 235 Å². The van der Waals surface area contributed by atoms with E-state index in [1.807, 2.05) is 44.6 Å². The largest absolute Gasteiger partial charge is 0.508 e. The van der Waals surface area contributed by atoms with Crippen LogP contribution in [0.25, 0.3) is 10.8 Å². The number of hydrogen-bond donors (Lipinski definition) is 2. The number of aliphatic hydroxyl groups excluding tert-OH is 1. The van der Waals surface area contributed by atoms with Crippen molar-refractivity contribution in [1.82, 2.24) is 19.8 Å². The number of carbonyl (C=O) groups is 1. The molecule has 2 aliphatic heterocycles. The standard InChI is InChI=1S/C30H38N6O4/c1-33(2)14-17-40-30-31-27-21-35(28-19-24(39)18-22-6-3-4-7-25(22)28)11-8-26(27)29(32-30)36-13-12-34(10-5-15-37)20-23(36)9-16-38/h3-7,10,15,18-19,23,38-39H,8-9,11-14,16-17,20-21H2,1-2H3/t23-/m1/s1. The number of aldehydes is 1. The molecule has 5 rings (SSSR count). The minimum Gasteiger partial charge on any atom is -0.508 e. The van der Waals surface area contributed by atoms with Crippen LogP contribution < -0.4 is 14.5 Å². The molecular formula is C30H38N6O4. The van der Waals surface area contributed by atoms with Crippen LogP contribution in [-0.2, 0) is 17.8 Å². The van der Waals surface area contributed by atoms with Crippen LogP contribution in [0.1, 0.15) is 17.7 Å². The van der Waals surface area contributed by atoms with E-state index in [9.17, 15) is 15.0 Å². The Hall–Kier alpha value is -3.89. The molecule has 10 nitrogen and oxygen atoms in total. The zero-order valence-electron chi connectivity index (χ0n) is 23.2. The Morgan fingerprint density at radius 2 is 2.00 bits per heavy atom. The van der Waals surface area contributed by atoms with Crippen molar-refractivity contribution >= 4 is 28.6 Å². The summed E-state index contributed by atoms with van der Waals surface area (Å²) in [7, 11) is 4.00. The van der Waals surface area contributed by atoms with Crippen molar-refractivity contribution in [3.05, 3.63) is 59.9 Å². The van der Waals surface area contributed by atoms with E-state index in [1.54, 1.807) is 6.07 Å². The van der Waals surface area contributed by atoms with Gasteiger partial charge in [-0.2, -0.15) is 9.97 Å². The van der Waals surface area contributed by atoms with Crippen LogP contribution in [-0.4, -0.2) is 102 Å². The lowest BCUT2D eigenvalue weighted by Crippen LogP contribution is -2.53. The van der Waals surface area contributed by atoms with Crippen LogP contribution in [0, 0.1) is 0 Å². The number of rotatable bonds is 10. The molecule has 40 heavy (non-hydrogen) atoms. The highest BCUT2D eigenvalue weighted by atomic mass is 16.5. The fourth-order valence-corrected chi connectivity index (χ4v) is 5.60. The minimum atomic E-state index is 0.0247. The summed E-state index contributed by atoms with van der Waals surface area (Å²) in [6.45, 7) is 4.71. The summed E-state index contributed by atoms with van der Waals surface area (Å²) in [5.74, 6) is 1.10. The summed E-state index contributed by atoms with van der Waals surface area (Å²) >= 11 is 0. The van der Waals surface area contributed by atoms with Crippen molar-refractivity contribution in [2.24, 2.45) is 0 Å². The lowest BCUT2D eigenvalue weighted by Gasteiger charge is -2.43. The highest BCUT2D eigenvalue weighted by molar-refractivity contribution is 5.95. The van der Waals surface area contributed by atoms with Gasteiger partial charge in [-0.15, -0.1) is 0 Å². The number of aromatic hydroxyl groups is 1. The first-order valence-electron chi connectivity index (χ1n) is 13.8. The summed E-state index contributed by atoms with van der Waals surface area (Å²) in [5.41, 5.74) is 2.99. The van der Waals surface area contributed by atoms with E-state index in [-0.39, 0.29) is 18.4 Å². The number of ether oxygens (including phenoxy) is 1. The molecule has 2 N–H and O–H groups in total. The Kier molecular flexibility index (Phi) is 8.66. The number of aromatic nitrogens is 2. The molecule has 1 atom stereocenters. The van der Waals surface area contributed by atoms with E-state index in [2.05, 4.69) is 25.7 Å². The minimum absolute atomic E-state index is 0.0247. The molecule has 1 saturated heterocycles. The SMILES string of the molecule is CN(C)CCOc1nc2c(c(N3CCN(C=CC=O)C[C@H]3CCO)n1)CCN(c1cc(O)cc3ccccc13)C2. The molecule has 1 aromatic heterocycles. The zero-order valence-corrected chi connectivity index (χ0v) is 23.2. The molecule has 212 valence electrons. The maximum Gasteiger partial charge on any atom is 0.318 e. The smallest absolute Gasteiger partial charge is 0.318 e. The van der Waals surface area contributed by atoms with Crippen LogP contribution in [0.4, 0.5) is 11.5 Å². The third-order valence-corrected chi connectivity index (χ3v) is 7.58. The van der Waals surface area contributed by atoms with E-state index in [4.69, 9.17) is 14.7 Å². The molecule has 0 saturated carbocycles. The van der Waals surface area contributed by atoms with Crippen molar-refractivity contribution in [1.29, 1.82) is 0 Å². The van der Waals surface area contributed by atoms with Gasteiger partial charge in [0.2, 0.25) is 0 Å². The van der Waals surface area contributed by atoms with Crippen molar-refractivity contribution in [3.8, 4) is 11.8 Å². The van der Waals surface area contributed by atoms with E-state index < -0.39 is 0 Å². The molecule has 0 spiro atoms. The Bertz CT molecular complexity index is 1360. The van der Waals surface area contributed by atoms with Gasteiger partial charge in [-0.25, -0.2) is 0 Å². The van der Waals surface area contributed by atoms with Crippen molar-refractivity contribution < 1.29 is 19.7 Å². The molecule has 2 aromatic carbocycles. The fourth-order valence-electron chi connectivity index (χ4n) is 5.60. The lowest BCUT2D eigenvalue weighted by molar-refractivity contribution is -0.104. The van der Waals surface area contributed by atoms with Gasteiger partial charge in [-0.3, -0.25) is 4.79 Å². The van der Waals surface area contributed by atoms with E-state index >= 15 is 0 Å². The first kappa shape index (κ1) is 27.7. The van der Waals surface area contributed by atoms with Crippen LogP contribution in [0.15, 0.2) is 48.7 Å². The van der Waals surface area contributed by atoms with Gasteiger partial charge in [0, 0.05) is 68.2 Å². The van der Waals surface area contributed by atoms with Gasteiger partial charge in [-0.05, 0) is 44.5 Å². The predicted molar refractivity (Wildman–Crippen MR) is 156 cm³/mol. The molecule has 0 amide bonds. The highest BCUT2D eigenvalue weighted by Gasteiger charge is 2.32. The molecular weight excluding hydrogens is 508 g/mol. The fraction of sp³-hybridized carbons (Fsp3) is 0.433. The van der Waals surface area contributed by atoms with Gasteiger partial charge < -0.3 is 34.5 Å². The number of anilines is 2. The second-order valence-electron chi connectivity index (χ2n) is 10.6. The average Bonchev–Trinajstić information content (AvgIpc) is 2.95. The number of phenolic OH excluding ortho intramolecular Hbond substituents is 1. The van der Waals surface area contributed by atoms with Gasteiger partial charge in [0.1, 0.15) is 24.5 Å². The normalized spacial score (nSPS) is 17.6. The first-order chi connectivity index (χ1) is 19.5. The maximum absolute atomic E-state index is 10.9. The van der Waals surface area contributed by atoms with Crippen molar-refractivity contribution in [2.45, 2.75) is 25.4 Å². The van der Waals surface area contributed by atoms with Crippen LogP contribution in [0.5, 0.6) is 11.8 Å². The number of aliphatic hydroxyl groups is 1. The Balaban J connectivity index is 1.50. The molecule has 1 fully saturated rings. The van der Waals surface area contributed by atoms with Crippen molar-refractivity contribution in [3.63, 3.8) is 0 Å². The summed E-state index contributed by atoms with van der Waals surface area (Å²) in [6, 6.07) is 12.1. The number of benzene rings is 2. The number of piperazine rings is 1. The summed E-state index contributed by atoms with van der Waals surface area (Å²) in [4.78, 5) is 29.4. The molecule has 3 heterocycles. The number of phenols is 1. The highest BCUT2D eigenvalue weighted by Crippen LogP contribution is 2.37. The summed E-state index contributed by atoms with van der Waals surface area (Å²) in [6.07, 6.45) is 5.44. The van der Waals surface area contributed by atoms with E-state index in [1.165, 1.54) is 6.08 Å². The van der Waals surface area contributed by atoms with E-state index in [0.29, 0.717) is 38.7 Å². The van der Waals surface area contributed by atoms with Crippen molar-refractivity contribution in [2.75, 3.05) is 69.8 Å². The predicted octanol–water partition coefficient (Wildman–Crippen LogP) is 2.42. The Morgan fingerprint density at radius 1 is 1.15 bits per heavy atom. The topological polar surface area (TPSA) is 106 Å². The van der Waals surface area contributed by atoms with Crippen LogP contribution in [0.3, 0.4) is 0 Å². The van der Waals surface area contributed by atoms with Gasteiger partial charge >= 0.3 is 6.01 Å². The second-order valence-corrected chi connectivity index (χ2v) is 10.6. The monoisotopic (exact) mass is 546 g/mol. The van der Waals surface area contributed by atoms with Gasteiger partial charge in [0.05, 0.1) is 18.3 Å². The third kappa shape index (κ3) is 6.13. The summed E-state index contributed by atoms with van der Waals surface area (Å²) in [5, 5.41) is 22.4. The third-order valence-electron chi connectivity index (χ3n) is 7.58. The van der Waals surface area contributed by atoms with Crippen LogP contribution in [0.2, 0.25) is 0 Å². The van der Waals surface area contributed by atoms with E-state index in [0.717, 1.165) is 65.9 Å². The molecule has 3 aromatic rings. The maximum atomic E-state index is 10.9. The molecule has 0 radical (unpaired) electrons. The van der Waals surface area contributed by atoms with Gasteiger partial charge in [0.15, 0.2) is 0 Å². The first-order valence-corrected chi connectivity index (χ1v) is 13.8. The molecule has 0 unspecified atom stereocenters. The number of nitrogens with zero attached hydrogens (tertiary/aromatic N) is 6. The lowest BCUT2D eigenvalue weighted by atomic mass is 10.0. The number of fused-ring (bicyclic) bond motifs is 2. The zero-order chi connectivity index (χ0) is 28.1. The summed E-state index contributed by atoms with van der Waals surface area (Å²) < 4.78 is 6.06. The molecule has 0 aliphatic carbocycles. The average molecular weight is 547 g/mol. The number of allylic oxidation sites excluding steroid dienone is 1. The number of carbonyl (C=O) groups excluding carboxylic acids is 1. The van der Waals surface area contributed by atoms with Crippen LogP contribution >= 0.6 is 0 Å². The van der Waals surface area contributed by atoms with Gasteiger partial charge in [-0.1, -0.05) is 24.3 Å². The Morgan fingerprint density at radius 3 is 2.80 bits per heavy atom. The number of likely N-dealkylation sites (N-methyl/N-ethyl adjacent to an activating group) is 1. The molecule has 10 heteroatoms. The molecule has 0 bridgehead atoms. The quantitative estimate of drug-likeness (QED) is 0.291. The number of hydrogen-bond acceptors (Lipinski definition) is 10. The van der Waals surface area contributed by atoms with Gasteiger partial charge in [0.25, 0.3) is 0 Å².